The summed E-state index contributed by atoms with van der Waals surface area (Å²) in [6, 6.07) is 7.46. The summed E-state index contributed by atoms with van der Waals surface area (Å²) in [6.45, 7) is 2.71. The Morgan fingerprint density at radius 2 is 2.00 bits per heavy atom. The summed E-state index contributed by atoms with van der Waals surface area (Å²) in [6.07, 6.45) is 3.89. The molecule has 2 aliphatic carbocycles. The SMILES string of the molecule is CCOc1ccc(CC(CNC(=O)C2CC2C2CC2)C(=O)O)cc1. The zero-order valence-electron chi connectivity index (χ0n) is 14.0. The van der Waals surface area contributed by atoms with Crippen LogP contribution in [0.4, 0.5) is 0 Å². The summed E-state index contributed by atoms with van der Waals surface area (Å²) in [5, 5.41) is 12.3. The van der Waals surface area contributed by atoms with Crippen LogP contribution in [0.2, 0.25) is 0 Å². The second kappa shape index (κ2) is 7.24. The molecule has 2 fully saturated rings. The van der Waals surface area contributed by atoms with E-state index in [1.54, 1.807) is 0 Å². The molecule has 0 aliphatic heterocycles. The van der Waals surface area contributed by atoms with Crippen molar-refractivity contribution in [2.75, 3.05) is 13.2 Å². The maximum atomic E-state index is 12.1. The van der Waals surface area contributed by atoms with Gasteiger partial charge in [-0.25, -0.2) is 0 Å². The Morgan fingerprint density at radius 3 is 2.58 bits per heavy atom. The molecule has 3 unspecified atom stereocenters. The topological polar surface area (TPSA) is 75.6 Å². The van der Waals surface area contributed by atoms with Gasteiger partial charge in [-0.15, -0.1) is 0 Å². The average Bonchev–Trinajstić information content (AvgIpc) is 3.44. The molecule has 24 heavy (non-hydrogen) atoms. The predicted octanol–water partition coefficient (Wildman–Crippen LogP) is 2.49. The molecule has 5 nitrogen and oxygen atoms in total. The quantitative estimate of drug-likeness (QED) is 0.729. The second-order valence-electron chi connectivity index (χ2n) is 6.90. The Balaban J connectivity index is 1.49. The molecule has 1 aromatic rings. The van der Waals surface area contributed by atoms with E-state index >= 15 is 0 Å². The van der Waals surface area contributed by atoms with Crippen molar-refractivity contribution in [1.82, 2.24) is 5.32 Å². The predicted molar refractivity (Wildman–Crippen MR) is 89.8 cm³/mol. The molecule has 2 aliphatic rings. The Hall–Kier alpha value is -2.04. The molecule has 0 heterocycles. The van der Waals surface area contributed by atoms with Crippen LogP contribution in [0.1, 0.15) is 31.7 Å². The van der Waals surface area contributed by atoms with Crippen LogP contribution in [0.25, 0.3) is 0 Å². The Morgan fingerprint density at radius 1 is 1.29 bits per heavy atom. The number of hydrogen-bond acceptors (Lipinski definition) is 3. The van der Waals surface area contributed by atoms with Gasteiger partial charge in [0, 0.05) is 12.5 Å². The van der Waals surface area contributed by atoms with Gasteiger partial charge in [0.1, 0.15) is 5.75 Å². The maximum Gasteiger partial charge on any atom is 0.308 e. The van der Waals surface area contributed by atoms with Crippen molar-refractivity contribution >= 4 is 11.9 Å². The van der Waals surface area contributed by atoms with E-state index in [1.807, 2.05) is 31.2 Å². The fourth-order valence-electron chi connectivity index (χ4n) is 3.34. The van der Waals surface area contributed by atoms with Crippen LogP contribution in [0, 0.1) is 23.7 Å². The number of ether oxygens (including phenoxy) is 1. The van der Waals surface area contributed by atoms with Crippen molar-refractivity contribution in [3.63, 3.8) is 0 Å². The van der Waals surface area contributed by atoms with Crippen molar-refractivity contribution in [2.45, 2.75) is 32.6 Å². The molecule has 2 N–H and O–H groups in total. The molecule has 0 saturated heterocycles. The first-order valence-electron chi connectivity index (χ1n) is 8.80. The molecule has 1 aromatic carbocycles. The average molecular weight is 331 g/mol. The van der Waals surface area contributed by atoms with Gasteiger partial charge in [-0.05, 0) is 62.1 Å². The highest BCUT2D eigenvalue weighted by Gasteiger charge is 2.51. The van der Waals surface area contributed by atoms with Crippen LogP contribution in [-0.2, 0) is 16.0 Å². The Labute approximate surface area is 142 Å². The van der Waals surface area contributed by atoms with E-state index in [0.717, 1.165) is 23.7 Å². The molecular formula is C19H25NO4. The monoisotopic (exact) mass is 331 g/mol. The summed E-state index contributed by atoms with van der Waals surface area (Å²) in [7, 11) is 0. The van der Waals surface area contributed by atoms with Crippen molar-refractivity contribution in [3.8, 4) is 5.75 Å². The summed E-state index contributed by atoms with van der Waals surface area (Å²) >= 11 is 0. The number of benzene rings is 1. The molecule has 130 valence electrons. The van der Waals surface area contributed by atoms with Gasteiger partial charge >= 0.3 is 5.97 Å². The largest absolute Gasteiger partial charge is 0.494 e. The highest BCUT2D eigenvalue weighted by molar-refractivity contribution is 5.82. The minimum absolute atomic E-state index is 0.0323. The highest BCUT2D eigenvalue weighted by Crippen LogP contribution is 2.54. The van der Waals surface area contributed by atoms with Crippen molar-refractivity contribution in [1.29, 1.82) is 0 Å². The van der Waals surface area contributed by atoms with Gasteiger partial charge in [0.25, 0.3) is 0 Å². The third-order valence-corrected chi connectivity index (χ3v) is 4.99. The minimum atomic E-state index is -0.876. The van der Waals surface area contributed by atoms with Gasteiger partial charge < -0.3 is 15.2 Å². The normalized spacial score (nSPS) is 23.4. The van der Waals surface area contributed by atoms with Crippen LogP contribution >= 0.6 is 0 Å². The highest BCUT2D eigenvalue weighted by atomic mass is 16.5. The first kappa shape index (κ1) is 16.8. The van der Waals surface area contributed by atoms with Crippen LogP contribution < -0.4 is 10.1 Å². The number of rotatable bonds is 9. The number of carbonyl (C=O) groups excluding carboxylic acids is 1. The molecule has 1 amide bonds. The summed E-state index contributed by atoms with van der Waals surface area (Å²) in [5.41, 5.74) is 0.933. The number of hydrogen-bond donors (Lipinski definition) is 2. The number of carboxylic acids is 1. The number of nitrogens with one attached hydrogen (secondary N) is 1. The zero-order valence-corrected chi connectivity index (χ0v) is 14.0. The fourth-order valence-corrected chi connectivity index (χ4v) is 3.34. The van der Waals surface area contributed by atoms with Crippen LogP contribution in [0.3, 0.4) is 0 Å². The lowest BCUT2D eigenvalue weighted by atomic mass is 9.99. The number of amides is 1. The summed E-state index contributed by atoms with van der Waals surface area (Å²) in [5.74, 6) is 0.756. The van der Waals surface area contributed by atoms with Crippen molar-refractivity contribution in [3.05, 3.63) is 29.8 Å². The van der Waals surface area contributed by atoms with Crippen LogP contribution in [0.15, 0.2) is 24.3 Å². The van der Waals surface area contributed by atoms with E-state index in [0.29, 0.717) is 18.9 Å². The third kappa shape index (κ3) is 4.28. The molecule has 0 radical (unpaired) electrons. The molecule has 3 rings (SSSR count). The first-order valence-corrected chi connectivity index (χ1v) is 8.80. The molecule has 2 saturated carbocycles. The van der Waals surface area contributed by atoms with Gasteiger partial charge in [0.15, 0.2) is 0 Å². The smallest absolute Gasteiger partial charge is 0.308 e. The Bertz CT molecular complexity index is 594. The molecular weight excluding hydrogens is 306 g/mol. The molecule has 0 aromatic heterocycles. The van der Waals surface area contributed by atoms with E-state index < -0.39 is 11.9 Å². The Kier molecular flexibility index (Phi) is 5.07. The molecule has 3 atom stereocenters. The van der Waals surface area contributed by atoms with E-state index in [4.69, 9.17) is 4.74 Å². The third-order valence-electron chi connectivity index (χ3n) is 4.99. The van der Waals surface area contributed by atoms with E-state index in [1.165, 1.54) is 12.8 Å². The van der Waals surface area contributed by atoms with Gasteiger partial charge in [-0.3, -0.25) is 9.59 Å². The minimum Gasteiger partial charge on any atom is -0.494 e. The van der Waals surface area contributed by atoms with E-state index in [9.17, 15) is 14.7 Å². The van der Waals surface area contributed by atoms with Gasteiger partial charge in [-0.1, -0.05) is 12.1 Å². The first-order chi connectivity index (χ1) is 11.6. The van der Waals surface area contributed by atoms with Gasteiger partial charge in [0.05, 0.1) is 12.5 Å². The molecule has 5 heteroatoms. The van der Waals surface area contributed by atoms with Crippen molar-refractivity contribution < 1.29 is 19.4 Å². The second-order valence-corrected chi connectivity index (χ2v) is 6.90. The summed E-state index contributed by atoms with van der Waals surface area (Å²) < 4.78 is 5.39. The van der Waals surface area contributed by atoms with Crippen LogP contribution in [0.5, 0.6) is 5.75 Å². The lowest BCUT2D eigenvalue weighted by Gasteiger charge is -2.14. The van der Waals surface area contributed by atoms with E-state index in [-0.39, 0.29) is 18.4 Å². The number of carboxylic acid groups (broad SMARTS) is 1. The fraction of sp³-hybridized carbons (Fsp3) is 0.579. The molecule has 0 spiro atoms. The number of aliphatic carboxylic acids is 1. The zero-order chi connectivity index (χ0) is 17.1. The number of carbonyl (C=O) groups is 2. The molecule has 0 bridgehead atoms. The van der Waals surface area contributed by atoms with E-state index in [2.05, 4.69) is 5.32 Å². The maximum absolute atomic E-state index is 12.1. The van der Waals surface area contributed by atoms with Gasteiger partial charge in [0.2, 0.25) is 5.91 Å². The van der Waals surface area contributed by atoms with Crippen molar-refractivity contribution in [2.24, 2.45) is 23.7 Å². The van der Waals surface area contributed by atoms with Gasteiger partial charge in [-0.2, -0.15) is 0 Å². The van der Waals surface area contributed by atoms with Crippen LogP contribution in [-0.4, -0.2) is 30.1 Å². The standard InChI is InChI=1S/C19H25NO4/c1-2-24-15-7-3-12(4-8-15)9-14(19(22)23)11-20-18(21)17-10-16(17)13-5-6-13/h3-4,7-8,13-14,16-17H,2,5-6,9-11H2,1H3,(H,20,21)(H,22,23). The summed E-state index contributed by atoms with van der Waals surface area (Å²) in [4.78, 5) is 23.6. The lowest BCUT2D eigenvalue weighted by Crippen LogP contribution is -2.35. The lowest BCUT2D eigenvalue weighted by molar-refractivity contribution is -0.141.